The molecule has 0 saturated heterocycles. The maximum absolute atomic E-state index is 11.8. The number of rotatable bonds is 8. The second-order valence-corrected chi connectivity index (χ2v) is 7.46. The smallest absolute Gasteiger partial charge is 0.224 e. The van der Waals surface area contributed by atoms with Crippen LogP contribution in [0.1, 0.15) is 5.56 Å². The van der Waals surface area contributed by atoms with Gasteiger partial charge in [-0.3, -0.25) is 4.79 Å². The highest BCUT2D eigenvalue weighted by Crippen LogP contribution is 2.10. The molecule has 1 rings (SSSR count). The third-order valence-electron chi connectivity index (χ3n) is 2.76. The second kappa shape index (κ2) is 8.31. The van der Waals surface area contributed by atoms with E-state index in [0.29, 0.717) is 0 Å². The molecule has 0 saturated carbocycles. The Morgan fingerprint density at radius 2 is 2.00 bits per heavy atom. The van der Waals surface area contributed by atoms with Crippen LogP contribution in [-0.2, 0) is 21.2 Å². The lowest BCUT2D eigenvalue weighted by molar-refractivity contribution is -0.120. The van der Waals surface area contributed by atoms with E-state index in [2.05, 4.69) is 27.8 Å². The minimum atomic E-state index is -3.28. The van der Waals surface area contributed by atoms with Crippen LogP contribution in [0.5, 0.6) is 0 Å². The summed E-state index contributed by atoms with van der Waals surface area (Å²) in [6, 6.07) is 7.48. The molecule has 1 amide bonds. The summed E-state index contributed by atoms with van der Waals surface area (Å²) < 4.78 is 25.2. The predicted molar refractivity (Wildman–Crippen MR) is 87.5 cm³/mol. The van der Waals surface area contributed by atoms with Gasteiger partial charge in [0.1, 0.15) is 0 Å². The van der Waals surface area contributed by atoms with Crippen molar-refractivity contribution in [2.75, 3.05) is 25.9 Å². The first kappa shape index (κ1) is 17.9. The molecule has 0 fully saturated rings. The number of sulfonamides is 1. The van der Waals surface area contributed by atoms with Crippen molar-refractivity contribution in [1.29, 1.82) is 0 Å². The Morgan fingerprint density at radius 1 is 1.38 bits per heavy atom. The van der Waals surface area contributed by atoms with Gasteiger partial charge in [0.15, 0.2) is 0 Å². The molecule has 0 aromatic heterocycles. The van der Waals surface area contributed by atoms with Crippen molar-refractivity contribution in [2.24, 2.45) is 0 Å². The molecule has 0 aliphatic heterocycles. The molecule has 0 unspecified atom stereocenters. The number of nitrogens with one attached hydrogen (secondary N) is 1. The van der Waals surface area contributed by atoms with Gasteiger partial charge in [-0.1, -0.05) is 34.1 Å². The topological polar surface area (TPSA) is 66.5 Å². The molecule has 21 heavy (non-hydrogen) atoms. The molecule has 0 heterocycles. The van der Waals surface area contributed by atoms with Crippen LogP contribution in [0.2, 0.25) is 0 Å². The van der Waals surface area contributed by atoms with E-state index in [9.17, 15) is 13.2 Å². The fourth-order valence-electron chi connectivity index (χ4n) is 1.71. The molecular formula is C14H19BrN2O3S. The van der Waals surface area contributed by atoms with Gasteiger partial charge in [-0.25, -0.2) is 8.42 Å². The summed E-state index contributed by atoms with van der Waals surface area (Å²) in [4.78, 5) is 11.8. The summed E-state index contributed by atoms with van der Waals surface area (Å²) in [5.74, 6) is -0.135. The van der Waals surface area contributed by atoms with E-state index in [4.69, 9.17) is 0 Å². The lowest BCUT2D eigenvalue weighted by Crippen LogP contribution is -2.38. The maximum Gasteiger partial charge on any atom is 0.224 e. The molecule has 5 nitrogen and oxygen atoms in total. The lowest BCUT2D eigenvalue weighted by Gasteiger charge is -2.18. The van der Waals surface area contributed by atoms with Crippen molar-refractivity contribution in [1.82, 2.24) is 9.62 Å². The van der Waals surface area contributed by atoms with E-state index in [1.54, 1.807) is 0 Å². The van der Waals surface area contributed by atoms with Gasteiger partial charge in [0.25, 0.3) is 0 Å². The van der Waals surface area contributed by atoms with Crippen molar-refractivity contribution in [2.45, 2.75) is 6.42 Å². The fourth-order valence-corrected chi connectivity index (χ4v) is 2.77. The summed E-state index contributed by atoms with van der Waals surface area (Å²) in [5.41, 5.74) is 0.904. The van der Waals surface area contributed by atoms with Crippen LogP contribution in [0.3, 0.4) is 0 Å². The van der Waals surface area contributed by atoms with Crippen LogP contribution in [0, 0.1) is 0 Å². The lowest BCUT2D eigenvalue weighted by atomic mass is 10.1. The van der Waals surface area contributed by atoms with Gasteiger partial charge in [-0.15, -0.1) is 6.58 Å². The van der Waals surface area contributed by atoms with Crippen LogP contribution in [0.15, 0.2) is 41.4 Å². The van der Waals surface area contributed by atoms with Gasteiger partial charge in [0, 0.05) is 24.1 Å². The third-order valence-corrected chi connectivity index (χ3v) is 4.56. The van der Waals surface area contributed by atoms with Crippen LogP contribution in [-0.4, -0.2) is 44.5 Å². The highest BCUT2D eigenvalue weighted by atomic mass is 79.9. The van der Waals surface area contributed by atoms with E-state index in [1.165, 1.54) is 10.4 Å². The van der Waals surface area contributed by atoms with Crippen LogP contribution in [0.4, 0.5) is 0 Å². The quantitative estimate of drug-likeness (QED) is 0.702. The molecular weight excluding hydrogens is 356 g/mol. The third kappa shape index (κ3) is 6.88. The number of hydrogen-bond acceptors (Lipinski definition) is 3. The molecule has 7 heteroatoms. The maximum atomic E-state index is 11.8. The van der Waals surface area contributed by atoms with Crippen LogP contribution < -0.4 is 5.32 Å². The number of carbonyl (C=O) groups is 1. The highest BCUT2D eigenvalue weighted by molar-refractivity contribution is 9.10. The zero-order chi connectivity index (χ0) is 15.9. The van der Waals surface area contributed by atoms with E-state index in [0.717, 1.165) is 16.3 Å². The normalized spacial score (nSPS) is 11.4. The first-order valence-electron chi connectivity index (χ1n) is 6.40. The van der Waals surface area contributed by atoms with Gasteiger partial charge in [-0.2, -0.15) is 4.31 Å². The predicted octanol–water partition coefficient (Wildman–Crippen LogP) is 1.56. The van der Waals surface area contributed by atoms with Gasteiger partial charge in [-0.05, 0) is 17.7 Å². The fraction of sp³-hybridized carbons (Fsp3) is 0.357. The van der Waals surface area contributed by atoms with Gasteiger partial charge in [0.2, 0.25) is 15.9 Å². The average molecular weight is 375 g/mol. The Morgan fingerprint density at radius 3 is 2.52 bits per heavy atom. The Balaban J connectivity index is 2.42. The number of hydrogen-bond donors (Lipinski definition) is 1. The highest BCUT2D eigenvalue weighted by Gasteiger charge is 2.14. The van der Waals surface area contributed by atoms with Crippen molar-refractivity contribution >= 4 is 31.9 Å². The molecule has 0 atom stereocenters. The van der Waals surface area contributed by atoms with Gasteiger partial charge >= 0.3 is 0 Å². The number of halogens is 1. The van der Waals surface area contributed by atoms with Gasteiger partial charge < -0.3 is 5.32 Å². The molecule has 0 radical (unpaired) electrons. The monoisotopic (exact) mass is 374 g/mol. The Labute approximate surface area is 134 Å². The summed E-state index contributed by atoms with van der Waals surface area (Å²) >= 11 is 3.33. The largest absolute Gasteiger partial charge is 0.354 e. The molecule has 1 N–H and O–H groups in total. The van der Waals surface area contributed by atoms with E-state index in [-0.39, 0.29) is 32.0 Å². The first-order valence-corrected chi connectivity index (χ1v) is 9.04. The van der Waals surface area contributed by atoms with Crippen molar-refractivity contribution < 1.29 is 13.2 Å². The van der Waals surface area contributed by atoms with Crippen molar-refractivity contribution in [3.05, 3.63) is 47.0 Å². The van der Waals surface area contributed by atoms with E-state index < -0.39 is 10.0 Å². The van der Waals surface area contributed by atoms with Gasteiger partial charge in [0.05, 0.1) is 12.7 Å². The average Bonchev–Trinajstić information content (AvgIpc) is 2.39. The standard InChI is InChI=1S/C14H19BrN2O3S/c1-3-9-17(21(2,19)20)10-8-16-14(18)11-12-4-6-13(15)7-5-12/h3-7H,1,8-11H2,2H3,(H,16,18). The Kier molecular flexibility index (Phi) is 7.07. The minimum absolute atomic E-state index is 0.135. The summed E-state index contributed by atoms with van der Waals surface area (Å²) in [5, 5.41) is 2.72. The molecule has 0 bridgehead atoms. The number of carbonyl (C=O) groups excluding carboxylic acids is 1. The molecule has 0 spiro atoms. The number of amides is 1. The Bertz CT molecular complexity index is 585. The SMILES string of the molecule is C=CCN(CCNC(=O)Cc1ccc(Br)cc1)S(C)(=O)=O. The summed E-state index contributed by atoms with van der Waals surface area (Å²) in [6.45, 7) is 4.27. The molecule has 0 aliphatic carbocycles. The molecule has 116 valence electrons. The second-order valence-electron chi connectivity index (χ2n) is 4.56. The van der Waals surface area contributed by atoms with Crippen molar-refractivity contribution in [3.63, 3.8) is 0 Å². The number of nitrogens with zero attached hydrogens (tertiary/aromatic N) is 1. The van der Waals surface area contributed by atoms with Crippen LogP contribution in [0.25, 0.3) is 0 Å². The molecule has 1 aromatic carbocycles. The Hall–Kier alpha value is -1.18. The van der Waals surface area contributed by atoms with E-state index in [1.807, 2.05) is 24.3 Å². The van der Waals surface area contributed by atoms with E-state index >= 15 is 0 Å². The molecule has 1 aromatic rings. The number of benzene rings is 1. The first-order chi connectivity index (χ1) is 9.82. The van der Waals surface area contributed by atoms with Crippen LogP contribution >= 0.6 is 15.9 Å². The summed E-state index contributed by atoms with van der Waals surface area (Å²) in [6.07, 6.45) is 2.93. The van der Waals surface area contributed by atoms with Crippen molar-refractivity contribution in [3.8, 4) is 0 Å². The minimum Gasteiger partial charge on any atom is -0.354 e. The zero-order valence-corrected chi connectivity index (χ0v) is 14.3. The summed E-state index contributed by atoms with van der Waals surface area (Å²) in [7, 11) is -3.28. The molecule has 0 aliphatic rings. The zero-order valence-electron chi connectivity index (χ0n) is 11.9.